The SMILES string of the molecule is CO[C](S)OC. The minimum atomic E-state index is 0.287. The Labute approximate surface area is 42.9 Å². The number of ether oxygens (including phenoxy) is 2. The molecule has 0 spiro atoms. The van der Waals surface area contributed by atoms with E-state index in [0.29, 0.717) is 0 Å². The van der Waals surface area contributed by atoms with Crippen LogP contribution in [0.2, 0.25) is 0 Å². The summed E-state index contributed by atoms with van der Waals surface area (Å²) < 4.78 is 8.92. The van der Waals surface area contributed by atoms with Crippen LogP contribution in [0.1, 0.15) is 0 Å². The standard InChI is InChI=1S/C3H7O2S/c1-4-3(6)5-2/h6H,1-2H3. The minimum Gasteiger partial charge on any atom is -0.340 e. The number of hydrogen-bond acceptors (Lipinski definition) is 3. The zero-order valence-corrected chi connectivity index (χ0v) is 4.66. The molecule has 0 saturated carbocycles. The summed E-state index contributed by atoms with van der Waals surface area (Å²) in [6.45, 7) is 0. The zero-order chi connectivity index (χ0) is 4.99. The summed E-state index contributed by atoms with van der Waals surface area (Å²) in [6.07, 6.45) is 0. The van der Waals surface area contributed by atoms with Crippen LogP contribution in [-0.4, -0.2) is 14.2 Å². The predicted octanol–water partition coefficient (Wildman–Crippen LogP) is 0.656. The van der Waals surface area contributed by atoms with Crippen LogP contribution < -0.4 is 0 Å². The van der Waals surface area contributed by atoms with Crippen molar-refractivity contribution in [1.82, 2.24) is 0 Å². The highest BCUT2D eigenvalue weighted by Gasteiger charge is 1.93. The van der Waals surface area contributed by atoms with E-state index in [4.69, 9.17) is 0 Å². The van der Waals surface area contributed by atoms with Crippen LogP contribution in [0.4, 0.5) is 0 Å². The Balaban J connectivity index is 2.75. The summed E-state index contributed by atoms with van der Waals surface area (Å²) in [6, 6.07) is 0. The van der Waals surface area contributed by atoms with Crippen LogP contribution in [-0.2, 0) is 9.47 Å². The van der Waals surface area contributed by atoms with Crippen molar-refractivity contribution >= 4 is 12.6 Å². The van der Waals surface area contributed by atoms with Gasteiger partial charge in [0, 0.05) is 14.2 Å². The lowest BCUT2D eigenvalue weighted by atomic mass is 11.3. The third kappa shape index (κ3) is 2.50. The number of thiol groups is 1. The van der Waals surface area contributed by atoms with Gasteiger partial charge in [0.25, 0.3) is 5.62 Å². The van der Waals surface area contributed by atoms with Gasteiger partial charge < -0.3 is 9.47 Å². The van der Waals surface area contributed by atoms with E-state index in [-0.39, 0.29) is 5.62 Å². The Morgan fingerprint density at radius 2 is 1.67 bits per heavy atom. The molecule has 37 valence electrons. The average Bonchev–Trinajstić information content (AvgIpc) is 1.65. The van der Waals surface area contributed by atoms with Crippen molar-refractivity contribution in [2.75, 3.05) is 14.2 Å². The predicted molar refractivity (Wildman–Crippen MR) is 26.2 cm³/mol. The lowest BCUT2D eigenvalue weighted by Gasteiger charge is -1.99. The lowest BCUT2D eigenvalue weighted by molar-refractivity contribution is 0.0592. The quantitative estimate of drug-likeness (QED) is 0.522. The van der Waals surface area contributed by atoms with Gasteiger partial charge >= 0.3 is 0 Å². The van der Waals surface area contributed by atoms with Gasteiger partial charge in [-0.25, -0.2) is 0 Å². The second-order valence-electron chi connectivity index (χ2n) is 0.674. The van der Waals surface area contributed by atoms with E-state index in [1.165, 1.54) is 14.2 Å². The van der Waals surface area contributed by atoms with E-state index >= 15 is 0 Å². The highest BCUT2D eigenvalue weighted by molar-refractivity contribution is 7.83. The second-order valence-corrected chi connectivity index (χ2v) is 1.04. The molecule has 0 saturated heterocycles. The molecule has 0 aliphatic carbocycles. The first kappa shape index (κ1) is 6.27. The average molecular weight is 107 g/mol. The largest absolute Gasteiger partial charge is 0.340 e. The normalized spacial score (nSPS) is 10.0. The van der Waals surface area contributed by atoms with Crippen LogP contribution >= 0.6 is 12.6 Å². The topological polar surface area (TPSA) is 18.5 Å². The minimum absolute atomic E-state index is 0.287. The Kier molecular flexibility index (Phi) is 3.62. The molecule has 0 aromatic rings. The lowest BCUT2D eigenvalue weighted by Crippen LogP contribution is -1.91. The van der Waals surface area contributed by atoms with E-state index in [9.17, 15) is 0 Å². The molecule has 0 atom stereocenters. The summed E-state index contributed by atoms with van der Waals surface area (Å²) in [5.74, 6) is 0. The van der Waals surface area contributed by atoms with Gasteiger partial charge in [0.05, 0.1) is 0 Å². The molecule has 0 aliphatic heterocycles. The Morgan fingerprint density at radius 1 is 1.33 bits per heavy atom. The molecule has 0 heterocycles. The summed E-state index contributed by atoms with van der Waals surface area (Å²) in [7, 11) is 2.98. The molecule has 1 radical (unpaired) electrons. The van der Waals surface area contributed by atoms with Gasteiger partial charge in [-0.2, -0.15) is 0 Å². The molecule has 0 fully saturated rings. The number of methoxy groups -OCH3 is 2. The van der Waals surface area contributed by atoms with Gasteiger partial charge in [0.15, 0.2) is 0 Å². The van der Waals surface area contributed by atoms with Gasteiger partial charge in [0.1, 0.15) is 0 Å². The van der Waals surface area contributed by atoms with Gasteiger partial charge in [-0.15, -0.1) is 12.6 Å². The van der Waals surface area contributed by atoms with Crippen molar-refractivity contribution in [3.05, 3.63) is 5.62 Å². The number of hydrogen-bond donors (Lipinski definition) is 1. The zero-order valence-electron chi connectivity index (χ0n) is 3.76. The molecule has 3 heteroatoms. The molecule has 2 nitrogen and oxygen atoms in total. The van der Waals surface area contributed by atoms with E-state index in [0.717, 1.165) is 0 Å². The molecule has 0 aromatic carbocycles. The van der Waals surface area contributed by atoms with Crippen LogP contribution in [0.15, 0.2) is 0 Å². The van der Waals surface area contributed by atoms with Crippen molar-refractivity contribution in [3.8, 4) is 0 Å². The first-order chi connectivity index (χ1) is 2.81. The third-order valence-corrected chi connectivity index (χ3v) is 0.714. The van der Waals surface area contributed by atoms with Crippen molar-refractivity contribution in [1.29, 1.82) is 0 Å². The van der Waals surface area contributed by atoms with Crippen molar-refractivity contribution < 1.29 is 9.47 Å². The molecule has 0 bridgehead atoms. The fourth-order valence-electron chi connectivity index (χ4n) is 0.0833. The van der Waals surface area contributed by atoms with Gasteiger partial charge in [0.2, 0.25) is 0 Å². The summed E-state index contributed by atoms with van der Waals surface area (Å²) in [5.41, 5.74) is 0.287. The van der Waals surface area contributed by atoms with Crippen molar-refractivity contribution in [2.45, 2.75) is 0 Å². The fraction of sp³-hybridized carbons (Fsp3) is 0.667. The smallest absolute Gasteiger partial charge is 0.281 e. The maximum atomic E-state index is 4.46. The van der Waals surface area contributed by atoms with Crippen LogP contribution in [0.3, 0.4) is 0 Å². The first-order valence-corrected chi connectivity index (χ1v) is 1.90. The molecule has 0 aliphatic rings. The van der Waals surface area contributed by atoms with Crippen LogP contribution in [0.25, 0.3) is 0 Å². The van der Waals surface area contributed by atoms with Crippen LogP contribution in [0, 0.1) is 5.62 Å². The Hall–Kier alpha value is 0.270. The van der Waals surface area contributed by atoms with E-state index in [1.807, 2.05) is 0 Å². The Bertz CT molecular complexity index is 28.0. The van der Waals surface area contributed by atoms with Crippen molar-refractivity contribution in [2.24, 2.45) is 0 Å². The molecule has 0 amide bonds. The third-order valence-electron chi connectivity index (χ3n) is 0.349. The highest BCUT2D eigenvalue weighted by atomic mass is 32.1. The molecule has 0 rings (SSSR count). The highest BCUT2D eigenvalue weighted by Crippen LogP contribution is 2.03. The van der Waals surface area contributed by atoms with E-state index in [2.05, 4.69) is 22.1 Å². The van der Waals surface area contributed by atoms with Crippen LogP contribution in [0.5, 0.6) is 0 Å². The van der Waals surface area contributed by atoms with E-state index < -0.39 is 0 Å². The Morgan fingerprint density at radius 3 is 1.67 bits per heavy atom. The molecular weight excluding hydrogens is 100 g/mol. The summed E-state index contributed by atoms with van der Waals surface area (Å²) >= 11 is 3.70. The fourth-order valence-corrected chi connectivity index (χ4v) is 0.0833. The maximum absolute atomic E-state index is 4.46. The molecule has 0 aromatic heterocycles. The van der Waals surface area contributed by atoms with Gasteiger partial charge in [-0.05, 0) is 0 Å². The van der Waals surface area contributed by atoms with Gasteiger partial charge in [-0.3, -0.25) is 0 Å². The van der Waals surface area contributed by atoms with Crippen molar-refractivity contribution in [3.63, 3.8) is 0 Å². The van der Waals surface area contributed by atoms with E-state index in [1.54, 1.807) is 0 Å². The first-order valence-electron chi connectivity index (χ1n) is 1.45. The summed E-state index contributed by atoms with van der Waals surface area (Å²) in [4.78, 5) is 0. The molecular formula is C3H7O2S. The summed E-state index contributed by atoms with van der Waals surface area (Å²) in [5, 5.41) is 0. The van der Waals surface area contributed by atoms with Gasteiger partial charge in [-0.1, -0.05) is 0 Å². The molecule has 0 N–H and O–H groups in total. The molecule has 0 unspecified atom stereocenters. The molecule has 6 heavy (non-hydrogen) atoms. The number of rotatable bonds is 2. The maximum Gasteiger partial charge on any atom is 0.281 e. The monoisotopic (exact) mass is 107 g/mol. The second kappa shape index (κ2) is 3.46.